The number of hydrogen-bond donors (Lipinski definition) is 1. The van der Waals surface area contributed by atoms with E-state index < -0.39 is 0 Å². The molecule has 0 saturated heterocycles. The number of nitrogens with zero attached hydrogens (tertiary/aromatic N) is 2. The lowest BCUT2D eigenvalue weighted by molar-refractivity contribution is -0.120. The molecule has 3 aromatic rings. The molecule has 1 aromatic heterocycles. The molecule has 6 heteroatoms. The van der Waals surface area contributed by atoms with Crippen molar-refractivity contribution in [3.63, 3.8) is 0 Å². The molecule has 3 rings (SSSR count). The van der Waals surface area contributed by atoms with Crippen molar-refractivity contribution in [3.05, 3.63) is 82.7 Å². The van der Waals surface area contributed by atoms with Gasteiger partial charge in [0.25, 0.3) is 0 Å². The number of halogens is 2. The fraction of sp³-hybridized carbons (Fsp3) is 0.238. The number of rotatable bonds is 6. The Morgan fingerprint density at radius 1 is 1.07 bits per heavy atom. The first-order valence-corrected chi connectivity index (χ1v) is 8.76. The molecule has 0 bridgehead atoms. The summed E-state index contributed by atoms with van der Waals surface area (Å²) in [5.74, 6) is -0.701. The summed E-state index contributed by atoms with van der Waals surface area (Å²) >= 11 is 0. The Morgan fingerprint density at radius 2 is 1.81 bits per heavy atom. The summed E-state index contributed by atoms with van der Waals surface area (Å²) in [4.78, 5) is 12.3. The zero-order valence-electron chi connectivity index (χ0n) is 15.3. The largest absolute Gasteiger partial charge is 0.355 e. The van der Waals surface area contributed by atoms with Gasteiger partial charge in [-0.25, -0.2) is 13.5 Å². The van der Waals surface area contributed by atoms with E-state index in [4.69, 9.17) is 0 Å². The molecule has 4 nitrogen and oxygen atoms in total. The van der Waals surface area contributed by atoms with E-state index in [0.29, 0.717) is 13.0 Å². The van der Waals surface area contributed by atoms with Gasteiger partial charge in [0.2, 0.25) is 5.91 Å². The van der Waals surface area contributed by atoms with Gasteiger partial charge in [-0.2, -0.15) is 5.10 Å². The van der Waals surface area contributed by atoms with Gasteiger partial charge in [-0.05, 0) is 62.2 Å². The van der Waals surface area contributed by atoms with Gasteiger partial charge in [-0.3, -0.25) is 4.79 Å². The Morgan fingerprint density at radius 3 is 2.52 bits per heavy atom. The maximum Gasteiger partial charge on any atom is 0.224 e. The summed E-state index contributed by atoms with van der Waals surface area (Å²) in [5, 5.41) is 7.34. The van der Waals surface area contributed by atoms with Crippen LogP contribution in [-0.4, -0.2) is 22.2 Å². The molecule has 0 aliphatic rings. The lowest BCUT2D eigenvalue weighted by Gasteiger charge is -2.07. The number of aryl methyl sites for hydroxylation is 1. The predicted molar refractivity (Wildman–Crippen MR) is 99.8 cm³/mol. The van der Waals surface area contributed by atoms with Crippen LogP contribution in [0, 0.1) is 25.5 Å². The highest BCUT2D eigenvalue weighted by Gasteiger charge is 2.16. The van der Waals surface area contributed by atoms with Gasteiger partial charge in [-0.1, -0.05) is 12.1 Å². The highest BCUT2D eigenvalue weighted by atomic mass is 19.1. The summed E-state index contributed by atoms with van der Waals surface area (Å²) in [6.45, 7) is 4.17. The van der Waals surface area contributed by atoms with Gasteiger partial charge in [0, 0.05) is 17.8 Å². The first-order valence-electron chi connectivity index (χ1n) is 8.76. The van der Waals surface area contributed by atoms with E-state index in [0.717, 1.165) is 28.2 Å². The number of nitrogens with one attached hydrogen (secondary N) is 1. The average molecular weight is 369 g/mol. The predicted octanol–water partition coefficient (Wildman–Crippen LogP) is 3.67. The quantitative estimate of drug-likeness (QED) is 0.721. The van der Waals surface area contributed by atoms with Crippen LogP contribution in [0.3, 0.4) is 0 Å². The summed E-state index contributed by atoms with van der Waals surface area (Å²) in [6, 6.07) is 12.4. The van der Waals surface area contributed by atoms with Gasteiger partial charge >= 0.3 is 0 Å². The molecule has 0 unspecified atom stereocenters. The Labute approximate surface area is 156 Å². The Bertz CT molecular complexity index is 949. The molecular weight excluding hydrogens is 348 g/mol. The van der Waals surface area contributed by atoms with Crippen LogP contribution in [0.2, 0.25) is 0 Å². The van der Waals surface area contributed by atoms with Crippen LogP contribution < -0.4 is 5.32 Å². The molecule has 0 radical (unpaired) electrons. The molecule has 1 heterocycles. The van der Waals surface area contributed by atoms with Crippen molar-refractivity contribution in [1.29, 1.82) is 0 Å². The van der Waals surface area contributed by atoms with Crippen molar-refractivity contribution in [1.82, 2.24) is 15.1 Å². The van der Waals surface area contributed by atoms with Crippen LogP contribution in [0.1, 0.15) is 22.5 Å². The van der Waals surface area contributed by atoms with E-state index >= 15 is 0 Å². The summed E-state index contributed by atoms with van der Waals surface area (Å²) in [6.07, 6.45) is 0.776. The van der Waals surface area contributed by atoms with E-state index in [-0.39, 0.29) is 24.0 Å². The zero-order valence-corrected chi connectivity index (χ0v) is 15.3. The van der Waals surface area contributed by atoms with E-state index in [1.54, 1.807) is 22.9 Å². The Kier molecular flexibility index (Phi) is 5.64. The van der Waals surface area contributed by atoms with Crippen molar-refractivity contribution >= 4 is 5.91 Å². The lowest BCUT2D eigenvalue weighted by Crippen LogP contribution is -2.27. The molecule has 1 amide bonds. The van der Waals surface area contributed by atoms with Gasteiger partial charge < -0.3 is 5.32 Å². The minimum atomic E-state index is -0.307. The molecular formula is C21H21F2N3O. The van der Waals surface area contributed by atoms with Gasteiger partial charge in [0.15, 0.2) is 0 Å². The second kappa shape index (κ2) is 8.12. The van der Waals surface area contributed by atoms with Crippen LogP contribution in [0.15, 0.2) is 48.5 Å². The van der Waals surface area contributed by atoms with E-state index in [1.165, 1.54) is 24.3 Å². The Balaban J connectivity index is 1.63. The van der Waals surface area contributed by atoms with Crippen molar-refractivity contribution < 1.29 is 13.6 Å². The SMILES string of the molecule is Cc1nn(-c2ccc(F)cc2)c(C)c1CC(=O)NCCc1cccc(F)c1. The van der Waals surface area contributed by atoms with Crippen LogP contribution in [-0.2, 0) is 17.6 Å². The third-order valence-corrected chi connectivity index (χ3v) is 4.47. The van der Waals surface area contributed by atoms with E-state index in [9.17, 15) is 13.6 Å². The molecule has 0 aliphatic heterocycles. The first-order chi connectivity index (χ1) is 12.9. The van der Waals surface area contributed by atoms with E-state index in [2.05, 4.69) is 10.4 Å². The molecule has 0 saturated carbocycles. The summed E-state index contributed by atoms with van der Waals surface area (Å²) in [5.41, 5.74) is 4.04. The molecule has 1 N–H and O–H groups in total. The third kappa shape index (κ3) is 4.58. The monoisotopic (exact) mass is 369 g/mol. The first kappa shape index (κ1) is 18.8. The second-order valence-electron chi connectivity index (χ2n) is 6.44. The van der Waals surface area contributed by atoms with Gasteiger partial charge in [0.1, 0.15) is 11.6 Å². The van der Waals surface area contributed by atoms with Crippen LogP contribution in [0.25, 0.3) is 5.69 Å². The molecule has 0 aliphatic carbocycles. The highest BCUT2D eigenvalue weighted by Crippen LogP contribution is 2.18. The smallest absolute Gasteiger partial charge is 0.224 e. The summed E-state index contributed by atoms with van der Waals surface area (Å²) < 4.78 is 28.0. The van der Waals surface area contributed by atoms with Crippen molar-refractivity contribution in [2.45, 2.75) is 26.7 Å². The van der Waals surface area contributed by atoms with Crippen LogP contribution >= 0.6 is 0 Å². The van der Waals surface area contributed by atoms with Gasteiger partial charge in [-0.15, -0.1) is 0 Å². The topological polar surface area (TPSA) is 46.9 Å². The normalized spacial score (nSPS) is 10.8. The number of aromatic nitrogens is 2. The maximum atomic E-state index is 13.2. The van der Waals surface area contributed by atoms with Crippen LogP contribution in [0.4, 0.5) is 8.78 Å². The Hall–Kier alpha value is -3.02. The molecule has 0 fully saturated rings. The maximum absolute atomic E-state index is 13.2. The number of amides is 1. The van der Waals surface area contributed by atoms with E-state index in [1.807, 2.05) is 19.9 Å². The average Bonchev–Trinajstić information content (AvgIpc) is 2.91. The standard InChI is InChI=1S/C21H21F2N3O/c1-14-20(15(2)26(25-14)19-8-6-17(22)7-9-19)13-21(27)24-11-10-16-4-3-5-18(23)12-16/h3-9,12H,10-11,13H2,1-2H3,(H,24,27). The minimum absolute atomic E-state index is 0.115. The highest BCUT2D eigenvalue weighted by molar-refractivity contribution is 5.79. The number of benzene rings is 2. The van der Waals surface area contributed by atoms with Crippen molar-refractivity contribution in [3.8, 4) is 5.69 Å². The summed E-state index contributed by atoms with van der Waals surface area (Å²) in [7, 11) is 0. The number of carbonyl (C=O) groups is 1. The van der Waals surface area contributed by atoms with Crippen LogP contribution in [0.5, 0.6) is 0 Å². The van der Waals surface area contributed by atoms with Crippen molar-refractivity contribution in [2.75, 3.05) is 6.54 Å². The lowest BCUT2D eigenvalue weighted by atomic mass is 10.1. The fourth-order valence-electron chi connectivity index (χ4n) is 3.03. The van der Waals surface area contributed by atoms with Crippen molar-refractivity contribution in [2.24, 2.45) is 0 Å². The third-order valence-electron chi connectivity index (χ3n) is 4.47. The molecule has 2 aromatic carbocycles. The minimum Gasteiger partial charge on any atom is -0.355 e. The fourth-order valence-corrected chi connectivity index (χ4v) is 3.03. The molecule has 0 spiro atoms. The molecule has 0 atom stereocenters. The second-order valence-corrected chi connectivity index (χ2v) is 6.44. The zero-order chi connectivity index (χ0) is 19.4. The molecule has 140 valence electrons. The number of carbonyl (C=O) groups excluding carboxylic acids is 1. The number of hydrogen-bond acceptors (Lipinski definition) is 2. The van der Waals surface area contributed by atoms with Gasteiger partial charge in [0.05, 0.1) is 17.8 Å². The molecule has 27 heavy (non-hydrogen) atoms.